The van der Waals surface area contributed by atoms with Gasteiger partial charge in [0.05, 0.1) is 26.1 Å². The Morgan fingerprint density at radius 3 is 2.49 bits per heavy atom. The summed E-state index contributed by atoms with van der Waals surface area (Å²) in [4.78, 5) is 17.7. The number of methoxy groups -OCH3 is 2. The zero-order valence-electron chi connectivity index (χ0n) is 20.2. The maximum atomic E-state index is 13.3. The normalized spacial score (nSPS) is 14.1. The van der Waals surface area contributed by atoms with Crippen LogP contribution >= 0.6 is 0 Å². The van der Waals surface area contributed by atoms with E-state index in [-0.39, 0.29) is 5.91 Å². The molecule has 1 aliphatic carbocycles. The molecule has 35 heavy (non-hydrogen) atoms. The van der Waals surface area contributed by atoms with Crippen LogP contribution in [0.25, 0.3) is 16.9 Å². The van der Waals surface area contributed by atoms with E-state index in [0.717, 1.165) is 35.4 Å². The molecule has 1 aliphatic rings. The lowest BCUT2D eigenvalue weighted by molar-refractivity contribution is 0.102. The SMILES string of the molecule is COc1cc(OC)cc(-c2cccc(C(=O)Nc3cnc4nnc(C5CCCCC5)n4c3)c2C)c1. The largest absolute Gasteiger partial charge is 0.497 e. The molecular formula is C27H29N5O3. The van der Waals surface area contributed by atoms with Crippen molar-refractivity contribution in [2.75, 3.05) is 19.5 Å². The highest BCUT2D eigenvalue weighted by Crippen LogP contribution is 2.34. The Hall–Kier alpha value is -3.94. The predicted molar refractivity (Wildman–Crippen MR) is 134 cm³/mol. The van der Waals surface area contributed by atoms with Gasteiger partial charge in [0, 0.05) is 23.7 Å². The van der Waals surface area contributed by atoms with Gasteiger partial charge in [-0.3, -0.25) is 9.20 Å². The van der Waals surface area contributed by atoms with Crippen molar-refractivity contribution in [2.24, 2.45) is 0 Å². The number of benzene rings is 2. The topological polar surface area (TPSA) is 90.6 Å². The van der Waals surface area contributed by atoms with Gasteiger partial charge in [0.2, 0.25) is 0 Å². The number of ether oxygens (including phenoxy) is 2. The number of amides is 1. The molecule has 2 aromatic carbocycles. The zero-order chi connectivity index (χ0) is 24.4. The number of aromatic nitrogens is 4. The summed E-state index contributed by atoms with van der Waals surface area (Å²) >= 11 is 0. The summed E-state index contributed by atoms with van der Waals surface area (Å²) in [6.07, 6.45) is 9.40. The van der Waals surface area contributed by atoms with Crippen LogP contribution in [0.15, 0.2) is 48.8 Å². The first-order valence-electron chi connectivity index (χ1n) is 11.9. The Balaban J connectivity index is 1.44. The lowest BCUT2D eigenvalue weighted by atomic mass is 9.89. The predicted octanol–water partition coefficient (Wildman–Crippen LogP) is 5.42. The van der Waals surface area contributed by atoms with Crippen LogP contribution in [0.2, 0.25) is 0 Å². The van der Waals surface area contributed by atoms with Gasteiger partial charge in [-0.2, -0.15) is 0 Å². The van der Waals surface area contributed by atoms with Gasteiger partial charge in [-0.15, -0.1) is 10.2 Å². The molecule has 0 bridgehead atoms. The molecular weight excluding hydrogens is 442 g/mol. The first-order chi connectivity index (χ1) is 17.1. The van der Waals surface area contributed by atoms with Crippen LogP contribution in [-0.4, -0.2) is 39.7 Å². The first kappa shape index (κ1) is 22.8. The minimum Gasteiger partial charge on any atom is -0.497 e. The molecule has 1 saturated carbocycles. The minimum absolute atomic E-state index is 0.201. The van der Waals surface area contributed by atoms with Gasteiger partial charge < -0.3 is 14.8 Å². The Morgan fingerprint density at radius 1 is 1.03 bits per heavy atom. The Morgan fingerprint density at radius 2 is 1.77 bits per heavy atom. The van der Waals surface area contributed by atoms with Gasteiger partial charge in [-0.25, -0.2) is 4.98 Å². The van der Waals surface area contributed by atoms with Crippen molar-refractivity contribution in [2.45, 2.75) is 44.9 Å². The quantitative estimate of drug-likeness (QED) is 0.404. The van der Waals surface area contributed by atoms with E-state index in [1.807, 2.05) is 53.9 Å². The van der Waals surface area contributed by atoms with E-state index in [1.54, 1.807) is 20.4 Å². The molecule has 8 nitrogen and oxygen atoms in total. The zero-order valence-corrected chi connectivity index (χ0v) is 20.2. The molecule has 1 fully saturated rings. The third-order valence-electron chi connectivity index (χ3n) is 6.76. The van der Waals surface area contributed by atoms with Crippen LogP contribution in [0.1, 0.15) is 59.8 Å². The molecule has 1 N–H and O–H groups in total. The molecule has 2 heterocycles. The number of carbonyl (C=O) groups is 1. The van der Waals surface area contributed by atoms with Gasteiger partial charge in [0.25, 0.3) is 11.7 Å². The van der Waals surface area contributed by atoms with E-state index >= 15 is 0 Å². The average Bonchev–Trinajstić information content (AvgIpc) is 3.32. The minimum atomic E-state index is -0.201. The molecule has 0 spiro atoms. The number of nitrogens with zero attached hydrogens (tertiary/aromatic N) is 4. The number of carbonyl (C=O) groups excluding carboxylic acids is 1. The van der Waals surface area contributed by atoms with E-state index in [2.05, 4.69) is 20.5 Å². The van der Waals surface area contributed by atoms with Gasteiger partial charge in [0.1, 0.15) is 17.3 Å². The number of hydrogen-bond donors (Lipinski definition) is 1. The number of fused-ring (bicyclic) bond motifs is 1. The molecule has 2 aromatic heterocycles. The first-order valence-corrected chi connectivity index (χ1v) is 11.9. The van der Waals surface area contributed by atoms with Crippen molar-refractivity contribution in [3.8, 4) is 22.6 Å². The van der Waals surface area contributed by atoms with Crippen LogP contribution in [0.5, 0.6) is 11.5 Å². The third kappa shape index (κ3) is 4.56. The summed E-state index contributed by atoms with van der Waals surface area (Å²) in [6.45, 7) is 1.94. The fraction of sp³-hybridized carbons (Fsp3) is 0.333. The molecule has 0 atom stereocenters. The summed E-state index contributed by atoms with van der Waals surface area (Å²) < 4.78 is 12.8. The second kappa shape index (κ2) is 9.74. The second-order valence-electron chi connectivity index (χ2n) is 8.94. The van der Waals surface area contributed by atoms with Gasteiger partial charge in [0.15, 0.2) is 0 Å². The third-order valence-corrected chi connectivity index (χ3v) is 6.76. The van der Waals surface area contributed by atoms with Gasteiger partial charge in [-0.1, -0.05) is 31.4 Å². The van der Waals surface area contributed by atoms with Crippen molar-refractivity contribution in [1.82, 2.24) is 19.6 Å². The highest BCUT2D eigenvalue weighted by atomic mass is 16.5. The maximum absolute atomic E-state index is 13.3. The van der Waals surface area contributed by atoms with Crippen molar-refractivity contribution >= 4 is 17.4 Å². The molecule has 0 radical (unpaired) electrons. The van der Waals surface area contributed by atoms with Gasteiger partial charge in [-0.05, 0) is 54.7 Å². The molecule has 0 saturated heterocycles. The summed E-state index contributed by atoms with van der Waals surface area (Å²) in [5.74, 6) is 3.03. The standard InChI is InChI=1S/C27H29N5O3/c1-17-23(19-12-21(34-2)14-22(13-19)35-3)10-7-11-24(17)26(33)29-20-15-28-27-31-30-25(32(27)16-20)18-8-5-4-6-9-18/h7,10-16,18H,4-6,8-9H2,1-3H3,(H,29,33). The van der Waals surface area contributed by atoms with E-state index in [9.17, 15) is 4.79 Å². The van der Waals surface area contributed by atoms with Crippen molar-refractivity contribution in [1.29, 1.82) is 0 Å². The van der Waals surface area contributed by atoms with E-state index in [4.69, 9.17) is 9.47 Å². The van der Waals surface area contributed by atoms with Crippen molar-refractivity contribution in [3.63, 3.8) is 0 Å². The van der Waals surface area contributed by atoms with E-state index in [0.29, 0.717) is 34.4 Å². The molecule has 4 aromatic rings. The molecule has 180 valence electrons. The molecule has 0 unspecified atom stereocenters. The summed E-state index contributed by atoms with van der Waals surface area (Å²) in [7, 11) is 3.24. The molecule has 8 heteroatoms. The van der Waals surface area contributed by atoms with Crippen LogP contribution < -0.4 is 14.8 Å². The number of anilines is 1. The Labute approximate surface area is 204 Å². The lowest BCUT2D eigenvalue weighted by Crippen LogP contribution is -2.15. The van der Waals surface area contributed by atoms with Crippen molar-refractivity contribution < 1.29 is 14.3 Å². The Bertz CT molecular complexity index is 1350. The van der Waals surface area contributed by atoms with Crippen molar-refractivity contribution in [3.05, 3.63) is 65.7 Å². The summed E-state index contributed by atoms with van der Waals surface area (Å²) in [5.41, 5.74) is 3.90. The summed E-state index contributed by atoms with van der Waals surface area (Å²) in [6, 6.07) is 11.4. The maximum Gasteiger partial charge on any atom is 0.256 e. The highest BCUT2D eigenvalue weighted by molar-refractivity contribution is 6.06. The van der Waals surface area contributed by atoms with E-state index in [1.165, 1.54) is 19.3 Å². The summed E-state index contributed by atoms with van der Waals surface area (Å²) in [5, 5.41) is 11.6. The highest BCUT2D eigenvalue weighted by Gasteiger charge is 2.22. The molecule has 5 rings (SSSR count). The van der Waals surface area contributed by atoms with Crippen LogP contribution in [-0.2, 0) is 0 Å². The van der Waals surface area contributed by atoms with E-state index < -0.39 is 0 Å². The smallest absolute Gasteiger partial charge is 0.256 e. The fourth-order valence-corrected chi connectivity index (χ4v) is 4.87. The second-order valence-corrected chi connectivity index (χ2v) is 8.94. The number of hydrogen-bond acceptors (Lipinski definition) is 6. The van der Waals surface area contributed by atoms with Gasteiger partial charge >= 0.3 is 0 Å². The monoisotopic (exact) mass is 471 g/mol. The van der Waals surface area contributed by atoms with Crippen LogP contribution in [0.3, 0.4) is 0 Å². The average molecular weight is 472 g/mol. The number of nitrogens with one attached hydrogen (secondary N) is 1. The molecule has 0 aliphatic heterocycles. The molecule has 1 amide bonds. The Kier molecular flexibility index (Phi) is 6.35. The fourth-order valence-electron chi connectivity index (χ4n) is 4.87. The lowest BCUT2D eigenvalue weighted by Gasteiger charge is -2.19. The number of rotatable bonds is 6. The van der Waals surface area contributed by atoms with Crippen LogP contribution in [0.4, 0.5) is 5.69 Å². The van der Waals surface area contributed by atoms with Crippen LogP contribution in [0, 0.1) is 6.92 Å².